The van der Waals surface area contributed by atoms with E-state index in [4.69, 9.17) is 11.6 Å². The van der Waals surface area contributed by atoms with Crippen molar-refractivity contribution in [2.45, 2.75) is 31.5 Å². The van der Waals surface area contributed by atoms with Crippen molar-refractivity contribution in [2.75, 3.05) is 0 Å². The minimum atomic E-state index is 0.187. The van der Waals surface area contributed by atoms with Crippen LogP contribution in [0.25, 0.3) is 0 Å². The number of benzene rings is 2. The molecule has 0 N–H and O–H groups in total. The predicted octanol–water partition coefficient (Wildman–Crippen LogP) is 6.71. The second-order valence-electron chi connectivity index (χ2n) is 4.77. The molecule has 2 rings (SSSR count). The maximum absolute atomic E-state index is 6.06. The molecular formula is C17H17Br2Cl. The van der Waals surface area contributed by atoms with Gasteiger partial charge in [0.05, 0.1) is 9.85 Å². The van der Waals surface area contributed by atoms with E-state index in [1.54, 1.807) is 0 Å². The molecule has 0 aliphatic carbocycles. The highest BCUT2D eigenvalue weighted by Crippen LogP contribution is 2.35. The first-order chi connectivity index (χ1) is 9.56. The molecule has 0 saturated heterocycles. The summed E-state index contributed by atoms with van der Waals surface area (Å²) >= 11 is 13.3. The highest BCUT2D eigenvalue weighted by Gasteiger charge is 2.13. The Hall–Kier alpha value is -0.310. The van der Waals surface area contributed by atoms with Gasteiger partial charge in [0.25, 0.3) is 0 Å². The van der Waals surface area contributed by atoms with Crippen LogP contribution in [-0.4, -0.2) is 0 Å². The van der Waals surface area contributed by atoms with Gasteiger partial charge in [0.15, 0.2) is 0 Å². The van der Waals surface area contributed by atoms with Crippen molar-refractivity contribution >= 4 is 43.5 Å². The van der Waals surface area contributed by atoms with E-state index in [9.17, 15) is 0 Å². The predicted molar refractivity (Wildman–Crippen MR) is 95.1 cm³/mol. The Labute approximate surface area is 142 Å². The number of alkyl halides is 1. The Morgan fingerprint density at radius 3 is 2.15 bits per heavy atom. The van der Waals surface area contributed by atoms with Crippen LogP contribution < -0.4 is 0 Å². The first-order valence-electron chi connectivity index (χ1n) is 6.77. The third kappa shape index (κ3) is 3.47. The van der Waals surface area contributed by atoms with E-state index >= 15 is 0 Å². The third-order valence-corrected chi connectivity index (χ3v) is 5.79. The Balaban J connectivity index is 2.37. The molecular weight excluding hydrogens is 399 g/mol. The average Bonchev–Trinajstić information content (AvgIpc) is 2.48. The highest BCUT2D eigenvalue weighted by atomic mass is 79.9. The summed E-state index contributed by atoms with van der Waals surface area (Å²) in [5.41, 5.74) is 5.36. The smallest absolute Gasteiger partial charge is 0.0645 e. The fourth-order valence-electron chi connectivity index (χ4n) is 2.34. The molecule has 0 aromatic heterocycles. The van der Waals surface area contributed by atoms with Gasteiger partial charge in [0, 0.05) is 4.47 Å². The van der Waals surface area contributed by atoms with Crippen LogP contribution in [0.3, 0.4) is 0 Å². The summed E-state index contributed by atoms with van der Waals surface area (Å²) in [5, 5.41) is 0.740. The molecule has 1 atom stereocenters. The number of aryl methyl sites for hydroxylation is 2. The molecule has 0 aliphatic heterocycles. The molecule has 0 saturated carbocycles. The molecule has 2 aromatic rings. The van der Waals surface area contributed by atoms with E-state index in [0.29, 0.717) is 0 Å². The topological polar surface area (TPSA) is 0 Å². The molecule has 0 fully saturated rings. The van der Waals surface area contributed by atoms with Crippen LogP contribution in [0.5, 0.6) is 0 Å². The van der Waals surface area contributed by atoms with Crippen LogP contribution in [0.2, 0.25) is 5.02 Å². The highest BCUT2D eigenvalue weighted by molar-refractivity contribution is 9.10. The van der Waals surface area contributed by atoms with Gasteiger partial charge in [-0.25, -0.2) is 0 Å². The standard InChI is InChI=1S/C17H17Br2Cl/c1-3-11-5-6-13(9-12(11)4-2)17(19)14-7-8-16(20)15(18)10-14/h5-10,17H,3-4H2,1-2H3. The van der Waals surface area contributed by atoms with Gasteiger partial charge in [0.2, 0.25) is 0 Å². The number of hydrogen-bond acceptors (Lipinski definition) is 0. The quantitative estimate of drug-likeness (QED) is 0.486. The summed E-state index contributed by atoms with van der Waals surface area (Å²) in [7, 11) is 0. The maximum Gasteiger partial charge on any atom is 0.0645 e. The van der Waals surface area contributed by atoms with Crippen molar-refractivity contribution in [3.05, 3.63) is 68.1 Å². The molecule has 3 heteroatoms. The molecule has 20 heavy (non-hydrogen) atoms. The summed E-state index contributed by atoms with van der Waals surface area (Å²) in [6.45, 7) is 4.41. The molecule has 0 bridgehead atoms. The van der Waals surface area contributed by atoms with Gasteiger partial charge < -0.3 is 0 Å². The van der Waals surface area contributed by atoms with Crippen molar-refractivity contribution in [2.24, 2.45) is 0 Å². The first kappa shape index (κ1) is 16.1. The minimum absolute atomic E-state index is 0.187. The number of rotatable bonds is 4. The van der Waals surface area contributed by atoms with Gasteiger partial charge in [-0.05, 0) is 63.2 Å². The Morgan fingerprint density at radius 2 is 1.55 bits per heavy atom. The Bertz CT molecular complexity index is 608. The zero-order chi connectivity index (χ0) is 14.7. The lowest BCUT2D eigenvalue weighted by Gasteiger charge is -2.15. The molecule has 0 amide bonds. The van der Waals surface area contributed by atoms with Gasteiger partial charge in [-0.1, -0.05) is 65.6 Å². The maximum atomic E-state index is 6.06. The molecule has 0 aliphatic rings. The van der Waals surface area contributed by atoms with Crippen molar-refractivity contribution in [1.29, 1.82) is 0 Å². The van der Waals surface area contributed by atoms with Gasteiger partial charge in [-0.3, -0.25) is 0 Å². The van der Waals surface area contributed by atoms with Gasteiger partial charge >= 0.3 is 0 Å². The van der Waals surface area contributed by atoms with Crippen LogP contribution in [0.15, 0.2) is 40.9 Å². The minimum Gasteiger partial charge on any atom is -0.0831 e. The number of hydrogen-bond donors (Lipinski definition) is 0. The third-order valence-electron chi connectivity index (χ3n) is 3.52. The lowest BCUT2D eigenvalue weighted by atomic mass is 9.97. The lowest BCUT2D eigenvalue weighted by Crippen LogP contribution is -1.97. The molecule has 1 unspecified atom stereocenters. The van der Waals surface area contributed by atoms with E-state index in [2.05, 4.69) is 76.0 Å². The normalized spacial score (nSPS) is 12.4. The lowest BCUT2D eigenvalue weighted by molar-refractivity contribution is 1.02. The second-order valence-corrected chi connectivity index (χ2v) is 6.95. The SMILES string of the molecule is CCc1ccc(C(Br)c2ccc(Cl)c(Br)c2)cc1CC. The summed E-state index contributed by atoms with van der Waals surface area (Å²) in [4.78, 5) is 0.187. The zero-order valence-corrected chi connectivity index (χ0v) is 15.5. The molecule has 0 nitrogen and oxygen atoms in total. The van der Waals surface area contributed by atoms with Crippen molar-refractivity contribution in [3.8, 4) is 0 Å². The fourth-order valence-corrected chi connectivity index (χ4v) is 3.42. The summed E-state index contributed by atoms with van der Waals surface area (Å²) in [6, 6.07) is 12.8. The van der Waals surface area contributed by atoms with E-state index in [1.165, 1.54) is 22.3 Å². The van der Waals surface area contributed by atoms with Crippen LogP contribution in [0.1, 0.15) is 40.9 Å². The van der Waals surface area contributed by atoms with Gasteiger partial charge in [-0.2, -0.15) is 0 Å². The molecule has 106 valence electrons. The van der Waals surface area contributed by atoms with Gasteiger partial charge in [0.1, 0.15) is 0 Å². The van der Waals surface area contributed by atoms with E-state index < -0.39 is 0 Å². The van der Waals surface area contributed by atoms with Crippen molar-refractivity contribution < 1.29 is 0 Å². The van der Waals surface area contributed by atoms with Crippen molar-refractivity contribution in [1.82, 2.24) is 0 Å². The first-order valence-corrected chi connectivity index (χ1v) is 8.86. The van der Waals surface area contributed by atoms with Crippen LogP contribution in [-0.2, 0) is 12.8 Å². The molecule has 2 aromatic carbocycles. The van der Waals surface area contributed by atoms with E-state index in [0.717, 1.165) is 22.3 Å². The molecule has 0 spiro atoms. The zero-order valence-electron chi connectivity index (χ0n) is 11.6. The Morgan fingerprint density at radius 1 is 0.950 bits per heavy atom. The summed E-state index contributed by atoms with van der Waals surface area (Å²) in [6.07, 6.45) is 2.16. The molecule has 0 radical (unpaired) electrons. The fraction of sp³-hybridized carbons (Fsp3) is 0.294. The number of halogens is 3. The van der Waals surface area contributed by atoms with Crippen LogP contribution in [0.4, 0.5) is 0 Å². The second kappa shape index (κ2) is 7.11. The molecule has 0 heterocycles. The van der Waals surface area contributed by atoms with Crippen LogP contribution >= 0.6 is 43.5 Å². The monoisotopic (exact) mass is 414 g/mol. The largest absolute Gasteiger partial charge is 0.0831 e. The van der Waals surface area contributed by atoms with Crippen LogP contribution in [0, 0.1) is 0 Å². The summed E-state index contributed by atoms with van der Waals surface area (Å²) < 4.78 is 0.932. The van der Waals surface area contributed by atoms with E-state index in [-0.39, 0.29) is 4.83 Å². The van der Waals surface area contributed by atoms with Crippen molar-refractivity contribution in [3.63, 3.8) is 0 Å². The average molecular weight is 417 g/mol. The summed E-state index contributed by atoms with van der Waals surface area (Å²) in [5.74, 6) is 0. The van der Waals surface area contributed by atoms with E-state index in [1.807, 2.05) is 6.07 Å². The Kier molecular flexibility index (Phi) is 5.71. The van der Waals surface area contributed by atoms with Gasteiger partial charge in [-0.15, -0.1) is 0 Å².